The maximum Gasteiger partial charge on any atom is 0.311 e. The first-order valence-electron chi connectivity index (χ1n) is 32.2. The van der Waals surface area contributed by atoms with Crippen molar-refractivity contribution in [3.8, 4) is 46.0 Å². The van der Waals surface area contributed by atoms with E-state index in [-0.39, 0.29) is 127 Å². The molecule has 0 aromatic heterocycles. The molecule has 2 aliphatic carbocycles. The summed E-state index contributed by atoms with van der Waals surface area (Å²) in [4.78, 5) is 81.4. The average Bonchev–Trinajstić information content (AvgIpc) is 1.41. The summed E-state index contributed by atoms with van der Waals surface area (Å²) >= 11 is 0. The summed E-state index contributed by atoms with van der Waals surface area (Å²) in [5, 5.41) is 55.7. The quantitative estimate of drug-likeness (QED) is 0.110. The van der Waals surface area contributed by atoms with E-state index >= 15 is 14.4 Å². The maximum absolute atomic E-state index is 15.3. The number of nitrogens with zero attached hydrogens (tertiary/aromatic N) is 4. The predicted molar refractivity (Wildman–Crippen MR) is 337 cm³/mol. The summed E-state index contributed by atoms with van der Waals surface area (Å²) in [6, 6.07) is 12.1. The van der Waals surface area contributed by atoms with Gasteiger partial charge >= 0.3 is 23.9 Å². The molecule has 466 valence electrons. The molecule has 0 amide bonds. The van der Waals surface area contributed by atoms with Gasteiger partial charge in [0.1, 0.15) is 46.0 Å². The van der Waals surface area contributed by atoms with Crippen LogP contribution in [0, 0.1) is 27.6 Å². The van der Waals surface area contributed by atoms with Crippen molar-refractivity contribution < 1.29 is 58.6 Å². The molecule has 2 spiro atoms. The second-order valence-electron chi connectivity index (χ2n) is 28.4. The van der Waals surface area contributed by atoms with Gasteiger partial charge in [0.25, 0.3) is 0 Å². The molecule has 2 saturated carbocycles. The van der Waals surface area contributed by atoms with Crippen molar-refractivity contribution in [1.82, 2.24) is 0 Å². The van der Waals surface area contributed by atoms with Crippen LogP contribution in [0.2, 0.25) is 0 Å². The number of phenolic OH excluding ortho intramolecular Hbond substituents is 4. The molecule has 88 heavy (non-hydrogen) atoms. The molecule has 4 aromatic carbocycles. The number of hydrogen-bond acceptors (Lipinski definition) is 16. The summed E-state index contributed by atoms with van der Waals surface area (Å²) < 4.78 is 25.9. The number of carbonyl (C=O) groups is 4. The van der Waals surface area contributed by atoms with Crippen LogP contribution in [0.1, 0.15) is 223 Å². The number of phenols is 4. The Hall–Kier alpha value is -7.36. The number of esters is 4. The first-order chi connectivity index (χ1) is 41.8. The van der Waals surface area contributed by atoms with Gasteiger partial charge in [-0.15, -0.1) is 0 Å². The monoisotopic (exact) mass is 1200 g/mol. The van der Waals surface area contributed by atoms with E-state index in [1.54, 1.807) is 73.4 Å². The zero-order chi connectivity index (χ0) is 62.9. The van der Waals surface area contributed by atoms with Gasteiger partial charge in [0.2, 0.25) is 0 Å². The number of benzene rings is 4. The maximum atomic E-state index is 15.3. The summed E-state index contributed by atoms with van der Waals surface area (Å²) in [6.45, 7) is 23.1. The summed E-state index contributed by atoms with van der Waals surface area (Å²) in [7, 11) is 0. The first-order valence-corrected chi connectivity index (χ1v) is 32.2. The van der Waals surface area contributed by atoms with Crippen molar-refractivity contribution in [2.45, 2.75) is 225 Å². The molecular formula is C72H86N4O12. The third-order valence-electron chi connectivity index (χ3n) is 23.8. The number of aliphatic imine (C=N–C) groups is 4. The molecule has 4 aromatic rings. The third-order valence-corrected chi connectivity index (χ3v) is 23.8. The van der Waals surface area contributed by atoms with Crippen LogP contribution in [0.4, 0.5) is 0 Å². The first kappa shape index (κ1) is 60.9. The molecule has 14 bridgehead atoms. The smallest absolute Gasteiger partial charge is 0.311 e. The van der Waals surface area contributed by atoms with Gasteiger partial charge in [-0.2, -0.15) is 0 Å². The minimum Gasteiger partial charge on any atom is -0.507 e. The van der Waals surface area contributed by atoms with Crippen molar-refractivity contribution in [2.75, 3.05) is 0 Å². The normalized spacial score (nSPS) is 32.5. The molecule has 6 aliphatic heterocycles. The van der Waals surface area contributed by atoms with Gasteiger partial charge in [0.15, 0.2) is 0 Å². The highest BCUT2D eigenvalue weighted by molar-refractivity contribution is 5.91. The Morgan fingerprint density at radius 1 is 0.443 bits per heavy atom. The van der Waals surface area contributed by atoms with Gasteiger partial charge < -0.3 is 39.4 Å². The van der Waals surface area contributed by atoms with Crippen LogP contribution >= 0.6 is 0 Å². The van der Waals surface area contributed by atoms with Gasteiger partial charge in [0.05, 0.1) is 24.2 Å². The fourth-order valence-corrected chi connectivity index (χ4v) is 20.5. The van der Waals surface area contributed by atoms with Crippen LogP contribution in [-0.4, -0.2) is 93.3 Å². The number of aromatic hydroxyl groups is 4. The van der Waals surface area contributed by atoms with Crippen LogP contribution in [0.25, 0.3) is 0 Å². The van der Waals surface area contributed by atoms with Crippen LogP contribution in [0.15, 0.2) is 68.5 Å². The number of ether oxygens (including phenoxy) is 4. The molecule has 4 N–H and O–H groups in total. The summed E-state index contributed by atoms with van der Waals surface area (Å²) in [6.07, 6.45) is 11.4. The fourth-order valence-electron chi connectivity index (χ4n) is 20.5. The van der Waals surface area contributed by atoms with Gasteiger partial charge in [-0.25, -0.2) is 0 Å². The zero-order valence-electron chi connectivity index (χ0n) is 53.0. The summed E-state index contributed by atoms with van der Waals surface area (Å²) in [5.41, 5.74) is -8.89. The SMILES string of the molecule is CCC1N=Cc2cc3cc(c2O)C(C)(C)C24C(CC)(CCC(=O)O3)CCC(=O)Oc3cc(c(O)c(c3)C2(C)C)C=NC2CCCCC2N=Cc2cc3cc(c2O)C(C)(C)C42C4C(CC)(CCC(=O)O3)CCC(=O)Oc3cc(c(O)c(c3)C42C)C=NC1CC. The van der Waals surface area contributed by atoms with Crippen molar-refractivity contribution in [1.29, 1.82) is 0 Å². The van der Waals surface area contributed by atoms with Crippen LogP contribution < -0.4 is 18.9 Å². The van der Waals surface area contributed by atoms with Crippen molar-refractivity contribution >= 4 is 48.7 Å². The number of rotatable bonds is 4. The Kier molecular flexibility index (Phi) is 14.8. The van der Waals surface area contributed by atoms with E-state index in [2.05, 4.69) is 62.3 Å². The van der Waals surface area contributed by atoms with Crippen molar-refractivity contribution in [3.05, 3.63) is 93.0 Å². The highest BCUT2D eigenvalue weighted by atomic mass is 16.5. The van der Waals surface area contributed by atoms with Gasteiger partial charge in [-0.05, 0) is 123 Å². The largest absolute Gasteiger partial charge is 0.507 e. The predicted octanol–water partition coefficient (Wildman–Crippen LogP) is 13.5. The number of carbonyl (C=O) groups excluding carboxylic acids is 4. The molecule has 2 fully saturated rings. The zero-order valence-corrected chi connectivity index (χ0v) is 53.0. The van der Waals surface area contributed by atoms with E-state index in [4.69, 9.17) is 38.9 Å². The van der Waals surface area contributed by atoms with Crippen molar-refractivity contribution in [2.24, 2.45) is 47.5 Å². The fraction of sp³-hybridized carbons (Fsp3) is 0.556. The molecule has 16 nitrogen and oxygen atoms in total. The molecule has 10 atom stereocenters. The molecule has 0 radical (unpaired) electrons. The summed E-state index contributed by atoms with van der Waals surface area (Å²) in [5.74, 6) is -2.76. The Morgan fingerprint density at radius 3 is 1.15 bits per heavy atom. The van der Waals surface area contributed by atoms with Crippen molar-refractivity contribution in [3.63, 3.8) is 0 Å². The van der Waals surface area contributed by atoms with Crippen LogP contribution in [-0.2, 0) is 40.8 Å². The average molecular weight is 1200 g/mol. The van der Waals surface area contributed by atoms with E-state index < -0.39 is 85.2 Å². The highest BCUT2D eigenvalue weighted by Gasteiger charge is 2.95. The van der Waals surface area contributed by atoms with E-state index in [1.807, 2.05) is 13.8 Å². The minimum atomic E-state index is -1.67. The molecule has 10 unspecified atom stereocenters. The molecule has 8 aliphatic rings. The Morgan fingerprint density at radius 2 is 0.784 bits per heavy atom. The molecule has 12 rings (SSSR count). The lowest BCUT2D eigenvalue weighted by Crippen LogP contribution is -2.72. The van der Waals surface area contributed by atoms with Crippen LogP contribution in [0.3, 0.4) is 0 Å². The van der Waals surface area contributed by atoms with E-state index in [0.29, 0.717) is 65.5 Å². The standard InChI is InChI=1S/C72H86N4O12/c1-12-52-53(13-2)74-37-43-31-47-35-51(63(43)84)68(11)64-69(14-3,25-21-57(78)88-47)24-20-56(77)85-44-29-41-38-75-54-18-16-17-19-55(54)76-39-42-30-46-34-50(62(42)83)67(9,10)72(71(64,68)65(5,6)48(32-44)60(41)81)66(7,8)49-33-45(28-40(36-73-52)61(49)82)86-58(79)22-26-70(72,15-4)27-23-59(80)87-46/h28-39,52-55,64,81-84H,12-27H2,1-11H3. The Bertz CT molecular complexity index is 3610. The molecule has 16 heteroatoms. The lowest BCUT2D eigenvalue weighted by molar-refractivity contribution is -0.201. The molecule has 0 saturated heterocycles. The topological polar surface area (TPSA) is 236 Å². The second-order valence-corrected chi connectivity index (χ2v) is 28.4. The lowest BCUT2D eigenvalue weighted by Gasteiger charge is -2.74. The highest BCUT2D eigenvalue weighted by Crippen LogP contribution is 2.96. The molecule has 6 heterocycles. The lowest BCUT2D eigenvalue weighted by atomic mass is 9.29. The third kappa shape index (κ3) is 8.54. The second kappa shape index (κ2) is 21.4. The molecular weight excluding hydrogens is 1110 g/mol. The van der Waals surface area contributed by atoms with E-state index in [9.17, 15) is 25.2 Å². The Balaban J connectivity index is 1.43. The van der Waals surface area contributed by atoms with Gasteiger partial charge in [-0.1, -0.05) is 95.4 Å². The van der Waals surface area contributed by atoms with Gasteiger partial charge in [0, 0.05) is 128 Å². The van der Waals surface area contributed by atoms with Gasteiger partial charge in [-0.3, -0.25) is 39.1 Å². The van der Waals surface area contributed by atoms with E-state index in [1.165, 1.54) is 0 Å². The minimum absolute atomic E-state index is 0.0764. The number of hydrogen-bond donors (Lipinski definition) is 4. The van der Waals surface area contributed by atoms with E-state index in [0.717, 1.165) is 12.8 Å². The van der Waals surface area contributed by atoms with Crippen LogP contribution in [0.5, 0.6) is 46.0 Å². The number of fused-ring (bicyclic) bond motifs is 9. The Labute approximate surface area is 516 Å².